The predicted molar refractivity (Wildman–Crippen MR) is 144 cm³/mol. The van der Waals surface area contributed by atoms with Crippen LogP contribution in [0.1, 0.15) is 27.2 Å². The molecule has 0 aliphatic carbocycles. The molecule has 2 N–H and O–H groups in total. The second-order valence-electron chi connectivity index (χ2n) is 9.05. The zero-order chi connectivity index (χ0) is 28.6. The summed E-state index contributed by atoms with van der Waals surface area (Å²) in [6.07, 6.45) is -1.41. The number of hydrogen-bond acceptors (Lipinski definition) is 7. The minimum atomic E-state index is -4.58. The Labute approximate surface area is 225 Å². The molecule has 1 amide bonds. The highest BCUT2D eigenvalue weighted by Crippen LogP contribution is 2.30. The Bertz CT molecular complexity index is 1830. The number of halogens is 3. The summed E-state index contributed by atoms with van der Waals surface area (Å²) in [7, 11) is 1.57. The van der Waals surface area contributed by atoms with Crippen LogP contribution < -0.4 is 16.2 Å². The quantitative estimate of drug-likeness (QED) is 0.303. The lowest BCUT2D eigenvalue weighted by Gasteiger charge is -2.13. The Balaban J connectivity index is 1.48. The Morgan fingerprint density at radius 3 is 2.52 bits per heavy atom. The zero-order valence-corrected chi connectivity index (χ0v) is 21.5. The lowest BCUT2D eigenvalue weighted by atomic mass is 10.0. The van der Waals surface area contributed by atoms with Gasteiger partial charge < -0.3 is 10.6 Å². The maximum Gasteiger partial charge on any atom is 0.416 e. The summed E-state index contributed by atoms with van der Waals surface area (Å²) in [6.45, 7) is 3.62. The fourth-order valence-corrected chi connectivity index (χ4v) is 4.08. The molecule has 0 atom stereocenters. The normalized spacial score (nSPS) is 11.4. The number of carbonyl (C=O) groups excluding carboxylic acids is 1. The molecule has 5 aromatic rings. The first-order valence-electron chi connectivity index (χ1n) is 12.0. The standard InChI is InChI=1S/C28H22F3N7O2/c1-15-9-10-19(34-25(39)17-6-4-7-18(12-17)28(29,30)31)13-20(15)23-26(40)38(3)24-22(35-23)14-33-27(37-24)36-21-8-5-11-32-16(21)2/h4-14H,1-3H3,(H,34,39)(H,33,36,37). The summed E-state index contributed by atoms with van der Waals surface area (Å²) in [5.74, 6) is -0.457. The Kier molecular flexibility index (Phi) is 6.76. The number of nitrogens with zero attached hydrogens (tertiary/aromatic N) is 5. The first-order valence-corrected chi connectivity index (χ1v) is 12.0. The number of aromatic nitrogens is 5. The number of aryl methyl sites for hydroxylation is 3. The molecule has 0 radical (unpaired) electrons. The van der Waals surface area contributed by atoms with Gasteiger partial charge in [-0.05, 0) is 61.9 Å². The molecule has 40 heavy (non-hydrogen) atoms. The maximum atomic E-state index is 13.4. The van der Waals surface area contributed by atoms with Crippen molar-refractivity contribution in [2.24, 2.45) is 7.05 Å². The number of pyridine rings is 1. The summed E-state index contributed by atoms with van der Waals surface area (Å²) < 4.78 is 40.6. The molecule has 0 unspecified atom stereocenters. The van der Waals surface area contributed by atoms with Crippen LogP contribution in [-0.2, 0) is 13.2 Å². The van der Waals surface area contributed by atoms with Crippen molar-refractivity contribution in [3.05, 3.63) is 99.7 Å². The van der Waals surface area contributed by atoms with Crippen LogP contribution in [0, 0.1) is 13.8 Å². The molecular formula is C28H22F3N7O2. The average molecular weight is 546 g/mol. The number of amides is 1. The van der Waals surface area contributed by atoms with E-state index in [-0.39, 0.29) is 22.9 Å². The zero-order valence-electron chi connectivity index (χ0n) is 21.5. The number of fused-ring (bicyclic) bond motifs is 1. The predicted octanol–water partition coefficient (Wildman–Crippen LogP) is 5.42. The highest BCUT2D eigenvalue weighted by molar-refractivity contribution is 6.04. The minimum absolute atomic E-state index is 0.107. The van der Waals surface area contributed by atoms with Crippen LogP contribution >= 0.6 is 0 Å². The van der Waals surface area contributed by atoms with Crippen molar-refractivity contribution >= 4 is 34.4 Å². The number of carbonyl (C=O) groups is 1. The molecule has 3 aromatic heterocycles. The van der Waals surface area contributed by atoms with E-state index in [4.69, 9.17) is 0 Å². The van der Waals surface area contributed by atoms with Gasteiger partial charge in [0.05, 0.1) is 23.1 Å². The summed E-state index contributed by atoms with van der Waals surface area (Å²) >= 11 is 0. The van der Waals surface area contributed by atoms with Crippen LogP contribution in [0.25, 0.3) is 22.4 Å². The van der Waals surface area contributed by atoms with Crippen molar-refractivity contribution in [2.45, 2.75) is 20.0 Å². The van der Waals surface area contributed by atoms with Gasteiger partial charge >= 0.3 is 6.18 Å². The maximum absolute atomic E-state index is 13.4. The molecule has 3 heterocycles. The smallest absolute Gasteiger partial charge is 0.323 e. The molecule has 202 valence electrons. The number of nitrogens with one attached hydrogen (secondary N) is 2. The number of hydrogen-bond donors (Lipinski definition) is 2. The van der Waals surface area contributed by atoms with Gasteiger partial charge in [-0.25, -0.2) is 9.97 Å². The van der Waals surface area contributed by atoms with Crippen molar-refractivity contribution in [1.82, 2.24) is 24.5 Å². The fourth-order valence-electron chi connectivity index (χ4n) is 4.08. The van der Waals surface area contributed by atoms with E-state index in [1.54, 1.807) is 44.4 Å². The van der Waals surface area contributed by atoms with Gasteiger partial charge in [-0.15, -0.1) is 0 Å². The second-order valence-corrected chi connectivity index (χ2v) is 9.05. The number of benzene rings is 2. The monoisotopic (exact) mass is 545 g/mol. The second kappa shape index (κ2) is 10.2. The first kappa shape index (κ1) is 26.5. The molecular weight excluding hydrogens is 523 g/mol. The molecule has 0 fully saturated rings. The van der Waals surface area contributed by atoms with E-state index < -0.39 is 23.2 Å². The lowest BCUT2D eigenvalue weighted by Crippen LogP contribution is -2.22. The van der Waals surface area contributed by atoms with Gasteiger partial charge in [0.1, 0.15) is 11.2 Å². The summed E-state index contributed by atoms with van der Waals surface area (Å²) in [4.78, 5) is 43.6. The average Bonchev–Trinajstić information content (AvgIpc) is 2.93. The molecule has 0 spiro atoms. The number of anilines is 3. The van der Waals surface area contributed by atoms with Crippen LogP contribution in [-0.4, -0.2) is 30.4 Å². The topological polar surface area (TPSA) is 115 Å². The summed E-state index contributed by atoms with van der Waals surface area (Å²) in [5.41, 5.74) is 2.17. The Hall–Kier alpha value is -5.13. The van der Waals surface area contributed by atoms with Gasteiger partial charge in [0.15, 0.2) is 5.65 Å². The highest BCUT2D eigenvalue weighted by Gasteiger charge is 2.31. The molecule has 0 aliphatic rings. The van der Waals surface area contributed by atoms with Crippen molar-refractivity contribution < 1.29 is 18.0 Å². The van der Waals surface area contributed by atoms with Crippen LogP contribution in [0.5, 0.6) is 0 Å². The first-order chi connectivity index (χ1) is 19.0. The third kappa shape index (κ3) is 5.23. The SMILES string of the molecule is Cc1ccc(NC(=O)c2cccc(C(F)(F)F)c2)cc1-c1nc2cnc(Nc3cccnc3C)nc2n(C)c1=O. The van der Waals surface area contributed by atoms with Gasteiger partial charge in [0.25, 0.3) is 11.5 Å². The fraction of sp³-hybridized carbons (Fsp3) is 0.143. The summed E-state index contributed by atoms with van der Waals surface area (Å²) in [6, 6.07) is 12.6. The molecule has 0 aliphatic heterocycles. The van der Waals surface area contributed by atoms with Crippen LogP contribution in [0.15, 0.2) is 71.8 Å². The molecule has 5 rings (SSSR count). The van der Waals surface area contributed by atoms with Crippen molar-refractivity contribution in [1.29, 1.82) is 0 Å². The van der Waals surface area contributed by atoms with E-state index in [0.29, 0.717) is 22.3 Å². The van der Waals surface area contributed by atoms with E-state index in [2.05, 4.69) is 30.6 Å². The molecule has 0 saturated heterocycles. The van der Waals surface area contributed by atoms with Gasteiger partial charge in [-0.2, -0.15) is 18.2 Å². The lowest BCUT2D eigenvalue weighted by molar-refractivity contribution is -0.137. The molecule has 9 nitrogen and oxygen atoms in total. The van der Waals surface area contributed by atoms with Crippen LogP contribution in [0.4, 0.5) is 30.5 Å². The minimum Gasteiger partial charge on any atom is -0.323 e. The third-order valence-corrected chi connectivity index (χ3v) is 6.26. The van der Waals surface area contributed by atoms with Gasteiger partial charge in [-0.3, -0.25) is 19.1 Å². The van der Waals surface area contributed by atoms with E-state index >= 15 is 0 Å². The van der Waals surface area contributed by atoms with Crippen molar-refractivity contribution in [3.8, 4) is 11.3 Å². The van der Waals surface area contributed by atoms with Gasteiger partial charge in [0, 0.05) is 30.1 Å². The Morgan fingerprint density at radius 1 is 0.975 bits per heavy atom. The molecule has 0 saturated carbocycles. The van der Waals surface area contributed by atoms with Crippen LogP contribution in [0.2, 0.25) is 0 Å². The van der Waals surface area contributed by atoms with Crippen molar-refractivity contribution in [3.63, 3.8) is 0 Å². The van der Waals surface area contributed by atoms with Gasteiger partial charge in [-0.1, -0.05) is 12.1 Å². The number of rotatable bonds is 5. The van der Waals surface area contributed by atoms with Crippen molar-refractivity contribution in [2.75, 3.05) is 10.6 Å². The summed E-state index contributed by atoms with van der Waals surface area (Å²) in [5, 5.41) is 5.69. The largest absolute Gasteiger partial charge is 0.416 e. The Morgan fingerprint density at radius 2 is 1.77 bits per heavy atom. The molecule has 2 aromatic carbocycles. The molecule has 12 heteroatoms. The van der Waals surface area contributed by atoms with Gasteiger partial charge in [0.2, 0.25) is 5.95 Å². The van der Waals surface area contributed by atoms with E-state index in [1.165, 1.54) is 22.9 Å². The third-order valence-electron chi connectivity index (χ3n) is 6.26. The number of alkyl halides is 3. The highest BCUT2D eigenvalue weighted by atomic mass is 19.4. The molecule has 0 bridgehead atoms. The van der Waals surface area contributed by atoms with E-state index in [9.17, 15) is 22.8 Å². The van der Waals surface area contributed by atoms with E-state index in [0.717, 1.165) is 23.5 Å². The van der Waals surface area contributed by atoms with E-state index in [1.807, 2.05) is 13.0 Å². The van der Waals surface area contributed by atoms with Crippen LogP contribution in [0.3, 0.4) is 0 Å².